The third-order valence-electron chi connectivity index (χ3n) is 0.747. The normalized spacial score (nSPS) is 9.33. The van der Waals surface area contributed by atoms with Crippen molar-refractivity contribution in [2.75, 3.05) is 7.11 Å². The first-order valence-corrected chi connectivity index (χ1v) is 2.91. The van der Waals surface area contributed by atoms with E-state index in [2.05, 4.69) is 17.4 Å². The lowest BCUT2D eigenvalue weighted by Gasteiger charge is -2.11. The van der Waals surface area contributed by atoms with Crippen LogP contribution in [0.2, 0.25) is 0 Å². The molecule has 0 unspecified atom stereocenters. The van der Waals surface area contributed by atoms with E-state index in [4.69, 9.17) is 4.74 Å². The topological polar surface area (TPSA) is 33.3 Å². The number of ether oxygens (including phenoxy) is 1. The smallest absolute Gasteiger partial charge is 0.193 e. The van der Waals surface area contributed by atoms with Gasteiger partial charge in [0, 0.05) is 6.04 Å². The average molecular weight is 130 g/mol. The van der Waals surface area contributed by atoms with E-state index in [1.165, 1.54) is 0 Å². The van der Waals surface area contributed by atoms with Gasteiger partial charge in [0.2, 0.25) is 0 Å². The zero-order valence-corrected chi connectivity index (χ0v) is 6.19. The Hall–Kier alpha value is -0.700. The molecule has 0 saturated carbocycles. The molecule has 0 radical (unpaired) electrons. The first-order chi connectivity index (χ1) is 4.16. The van der Waals surface area contributed by atoms with Crippen molar-refractivity contribution in [3.8, 4) is 0 Å². The van der Waals surface area contributed by atoms with E-state index < -0.39 is 0 Å². The number of rotatable bonds is 4. The minimum atomic E-state index is 0.386. The fourth-order valence-electron chi connectivity index (χ4n) is 0.276. The summed E-state index contributed by atoms with van der Waals surface area (Å²) in [6.07, 6.45) is 0. The van der Waals surface area contributed by atoms with Crippen molar-refractivity contribution in [3.05, 3.63) is 12.5 Å². The highest BCUT2D eigenvalue weighted by atomic mass is 16.5. The van der Waals surface area contributed by atoms with Crippen molar-refractivity contribution < 1.29 is 4.74 Å². The first kappa shape index (κ1) is 8.30. The molecule has 0 bridgehead atoms. The molecule has 3 heteroatoms. The van der Waals surface area contributed by atoms with E-state index >= 15 is 0 Å². The fraction of sp³-hybridized carbons (Fsp3) is 0.667. The van der Waals surface area contributed by atoms with Gasteiger partial charge in [-0.25, -0.2) is 5.43 Å². The summed E-state index contributed by atoms with van der Waals surface area (Å²) in [4.78, 5) is 0. The summed E-state index contributed by atoms with van der Waals surface area (Å²) < 4.78 is 4.73. The maximum Gasteiger partial charge on any atom is 0.193 e. The van der Waals surface area contributed by atoms with Crippen LogP contribution in [0.5, 0.6) is 0 Å². The highest BCUT2D eigenvalue weighted by Crippen LogP contribution is 1.80. The van der Waals surface area contributed by atoms with Crippen molar-refractivity contribution in [2.45, 2.75) is 19.9 Å². The van der Waals surface area contributed by atoms with E-state index in [1.54, 1.807) is 7.11 Å². The molecule has 0 aliphatic carbocycles. The van der Waals surface area contributed by atoms with Gasteiger partial charge in [-0.1, -0.05) is 0 Å². The molecule has 0 rings (SSSR count). The largest absolute Gasteiger partial charge is 0.482 e. The molecule has 2 N–H and O–H groups in total. The molecule has 0 amide bonds. The van der Waals surface area contributed by atoms with E-state index in [9.17, 15) is 0 Å². The number of hydrogen-bond acceptors (Lipinski definition) is 3. The van der Waals surface area contributed by atoms with Crippen molar-refractivity contribution in [1.82, 2.24) is 10.9 Å². The Morgan fingerprint density at radius 2 is 2.11 bits per heavy atom. The standard InChI is InChI=1S/C6H14N2O/c1-5(2)7-8-6(3)9-4/h5,7-8H,3H2,1-2,4H3. The van der Waals surface area contributed by atoms with Crippen LogP contribution in [0.3, 0.4) is 0 Å². The molecule has 0 aromatic heterocycles. The first-order valence-electron chi connectivity index (χ1n) is 2.91. The average Bonchev–Trinajstić information content (AvgIpc) is 1.83. The SMILES string of the molecule is C=C(NNC(C)C)OC. The van der Waals surface area contributed by atoms with Crippen molar-refractivity contribution in [2.24, 2.45) is 0 Å². The zero-order chi connectivity index (χ0) is 7.28. The van der Waals surface area contributed by atoms with Crippen LogP contribution in [0.1, 0.15) is 13.8 Å². The summed E-state index contributed by atoms with van der Waals surface area (Å²) in [5.74, 6) is 0.531. The number of nitrogens with one attached hydrogen (secondary N) is 2. The van der Waals surface area contributed by atoms with Gasteiger partial charge in [0.15, 0.2) is 5.88 Å². The molecule has 0 spiro atoms. The fourth-order valence-corrected chi connectivity index (χ4v) is 0.276. The summed E-state index contributed by atoms with van der Waals surface area (Å²) in [6.45, 7) is 7.60. The van der Waals surface area contributed by atoms with Gasteiger partial charge in [-0.05, 0) is 20.4 Å². The molecule has 0 saturated heterocycles. The van der Waals surface area contributed by atoms with Crippen LogP contribution in [-0.2, 0) is 4.74 Å². The minimum absolute atomic E-state index is 0.386. The van der Waals surface area contributed by atoms with E-state index in [0.717, 1.165) is 0 Å². The second-order valence-electron chi connectivity index (χ2n) is 2.05. The molecule has 9 heavy (non-hydrogen) atoms. The van der Waals surface area contributed by atoms with Crippen molar-refractivity contribution in [3.63, 3.8) is 0 Å². The van der Waals surface area contributed by atoms with Gasteiger partial charge in [0.1, 0.15) is 0 Å². The Morgan fingerprint density at radius 3 is 2.44 bits per heavy atom. The van der Waals surface area contributed by atoms with Gasteiger partial charge < -0.3 is 4.74 Å². The lowest BCUT2D eigenvalue weighted by molar-refractivity contribution is 0.244. The summed E-state index contributed by atoms with van der Waals surface area (Å²) in [5.41, 5.74) is 5.69. The monoisotopic (exact) mass is 130 g/mol. The Balaban J connectivity index is 3.17. The Bertz CT molecular complexity index is 91.1. The second-order valence-corrected chi connectivity index (χ2v) is 2.05. The zero-order valence-electron chi connectivity index (χ0n) is 6.19. The molecule has 0 aliphatic rings. The summed E-state index contributed by atoms with van der Waals surface area (Å²) in [5, 5.41) is 0. The van der Waals surface area contributed by atoms with Crippen LogP contribution in [-0.4, -0.2) is 13.2 Å². The van der Waals surface area contributed by atoms with Gasteiger partial charge in [-0.3, -0.25) is 5.43 Å². The Kier molecular flexibility index (Phi) is 3.88. The highest BCUT2D eigenvalue weighted by Gasteiger charge is 1.90. The van der Waals surface area contributed by atoms with Crippen LogP contribution in [0.25, 0.3) is 0 Å². The quantitative estimate of drug-likeness (QED) is 0.432. The Morgan fingerprint density at radius 1 is 1.56 bits per heavy atom. The molecule has 0 fully saturated rings. The van der Waals surface area contributed by atoms with Gasteiger partial charge in [0.25, 0.3) is 0 Å². The molecule has 0 aromatic rings. The maximum atomic E-state index is 4.73. The Labute approximate surface area is 56.1 Å². The van der Waals surface area contributed by atoms with Crippen LogP contribution in [0.15, 0.2) is 12.5 Å². The van der Waals surface area contributed by atoms with E-state index in [-0.39, 0.29) is 0 Å². The molecular formula is C6H14N2O. The van der Waals surface area contributed by atoms with Gasteiger partial charge in [-0.15, -0.1) is 0 Å². The molecule has 54 valence electrons. The highest BCUT2D eigenvalue weighted by molar-refractivity contribution is 4.75. The second kappa shape index (κ2) is 4.21. The van der Waals surface area contributed by atoms with Crippen LogP contribution >= 0.6 is 0 Å². The molecule has 0 aliphatic heterocycles. The van der Waals surface area contributed by atoms with Gasteiger partial charge in [-0.2, -0.15) is 0 Å². The predicted octanol–water partition coefficient (Wildman–Crippen LogP) is 0.607. The maximum absolute atomic E-state index is 4.73. The summed E-state index contributed by atoms with van der Waals surface area (Å²) in [6, 6.07) is 0.386. The van der Waals surface area contributed by atoms with Crippen LogP contribution in [0.4, 0.5) is 0 Å². The van der Waals surface area contributed by atoms with Crippen molar-refractivity contribution in [1.29, 1.82) is 0 Å². The third kappa shape index (κ3) is 5.17. The molecule has 3 nitrogen and oxygen atoms in total. The summed E-state index contributed by atoms with van der Waals surface area (Å²) >= 11 is 0. The number of hydrogen-bond donors (Lipinski definition) is 2. The molecular weight excluding hydrogens is 116 g/mol. The summed E-state index contributed by atoms with van der Waals surface area (Å²) in [7, 11) is 1.57. The number of methoxy groups -OCH3 is 1. The van der Waals surface area contributed by atoms with Gasteiger partial charge in [0.05, 0.1) is 7.11 Å². The molecule has 0 atom stereocenters. The lowest BCUT2D eigenvalue weighted by atomic mass is 10.4. The third-order valence-corrected chi connectivity index (χ3v) is 0.747. The molecule has 0 heterocycles. The lowest BCUT2D eigenvalue weighted by Crippen LogP contribution is -2.36. The minimum Gasteiger partial charge on any atom is -0.482 e. The predicted molar refractivity (Wildman–Crippen MR) is 37.6 cm³/mol. The molecule has 0 aromatic carbocycles. The van der Waals surface area contributed by atoms with Crippen LogP contribution < -0.4 is 10.9 Å². The van der Waals surface area contributed by atoms with Crippen molar-refractivity contribution >= 4 is 0 Å². The van der Waals surface area contributed by atoms with Gasteiger partial charge >= 0.3 is 0 Å². The van der Waals surface area contributed by atoms with Crippen LogP contribution in [0, 0.1) is 0 Å². The van der Waals surface area contributed by atoms with E-state index in [0.29, 0.717) is 11.9 Å². The van der Waals surface area contributed by atoms with E-state index in [1.807, 2.05) is 13.8 Å². The number of hydrazine groups is 1.